The van der Waals surface area contributed by atoms with Gasteiger partial charge in [0, 0.05) is 5.56 Å². The van der Waals surface area contributed by atoms with E-state index in [1.807, 2.05) is 0 Å². The molecule has 1 atom stereocenters. The van der Waals surface area contributed by atoms with Crippen molar-refractivity contribution in [2.45, 2.75) is 13.0 Å². The first-order valence-electron chi connectivity index (χ1n) is 8.41. The summed E-state index contributed by atoms with van der Waals surface area (Å²) in [6.07, 6.45) is 0. The second-order valence-corrected chi connectivity index (χ2v) is 5.82. The molecule has 0 spiro atoms. The Morgan fingerprint density at radius 3 is 2.29 bits per heavy atom. The maximum atomic E-state index is 13.7. The van der Waals surface area contributed by atoms with Gasteiger partial charge in [-0.3, -0.25) is 4.79 Å². The second kappa shape index (κ2) is 9.59. The molecule has 0 aromatic heterocycles. The number of ether oxygens (including phenoxy) is 4. The lowest BCUT2D eigenvalue weighted by Crippen LogP contribution is -2.31. The minimum atomic E-state index is -0.816. The first kappa shape index (κ1) is 21.0. The van der Waals surface area contributed by atoms with Crippen molar-refractivity contribution in [3.8, 4) is 17.2 Å². The molecule has 0 aliphatic rings. The number of halogens is 1. The Labute approximate surface area is 162 Å². The minimum absolute atomic E-state index is 0.00959. The molecule has 0 radical (unpaired) electrons. The van der Waals surface area contributed by atoms with Crippen molar-refractivity contribution in [3.05, 3.63) is 53.3 Å². The van der Waals surface area contributed by atoms with E-state index < -0.39 is 30.3 Å². The average Bonchev–Trinajstić information content (AvgIpc) is 2.71. The molecule has 1 amide bonds. The van der Waals surface area contributed by atoms with Crippen molar-refractivity contribution in [1.29, 1.82) is 0 Å². The highest BCUT2D eigenvalue weighted by atomic mass is 19.1. The number of rotatable bonds is 8. The van der Waals surface area contributed by atoms with Crippen LogP contribution in [0.2, 0.25) is 0 Å². The Morgan fingerprint density at radius 2 is 1.68 bits per heavy atom. The highest BCUT2D eigenvalue weighted by Crippen LogP contribution is 2.29. The fourth-order valence-corrected chi connectivity index (χ4v) is 2.55. The molecule has 2 aromatic rings. The quantitative estimate of drug-likeness (QED) is 0.697. The van der Waals surface area contributed by atoms with Crippen LogP contribution >= 0.6 is 0 Å². The van der Waals surface area contributed by atoms with Crippen molar-refractivity contribution in [2.75, 3.05) is 27.9 Å². The molecule has 0 fully saturated rings. The van der Waals surface area contributed by atoms with E-state index in [-0.39, 0.29) is 11.3 Å². The third-order valence-corrected chi connectivity index (χ3v) is 4.00. The summed E-state index contributed by atoms with van der Waals surface area (Å²) in [5.74, 6) is -0.817. The standard InChI is InChI=1S/C20H22FNO6/c1-12(15-10-14(25-2)6-8-17(15)26-3)22-19(23)11-28-20(24)13-5-7-18(27-4)16(21)9-13/h5-10,12H,11H2,1-4H3,(H,22,23)/t12-/m0/s1. The predicted molar refractivity (Wildman–Crippen MR) is 99.3 cm³/mol. The van der Waals surface area contributed by atoms with Crippen molar-refractivity contribution < 1.29 is 32.9 Å². The normalized spacial score (nSPS) is 11.3. The molecule has 150 valence electrons. The number of benzene rings is 2. The van der Waals surface area contributed by atoms with Gasteiger partial charge in [0.15, 0.2) is 18.2 Å². The predicted octanol–water partition coefficient (Wildman–Crippen LogP) is 2.89. The monoisotopic (exact) mass is 391 g/mol. The van der Waals surface area contributed by atoms with Gasteiger partial charge < -0.3 is 24.3 Å². The van der Waals surface area contributed by atoms with Gasteiger partial charge in [0.05, 0.1) is 32.9 Å². The summed E-state index contributed by atoms with van der Waals surface area (Å²) in [5.41, 5.74) is 0.687. The van der Waals surface area contributed by atoms with Gasteiger partial charge in [-0.1, -0.05) is 0 Å². The molecule has 0 aliphatic carbocycles. The lowest BCUT2D eigenvalue weighted by Gasteiger charge is -2.18. The molecule has 0 saturated carbocycles. The summed E-state index contributed by atoms with van der Waals surface area (Å²) in [5, 5.41) is 2.71. The molecular weight excluding hydrogens is 369 g/mol. The smallest absolute Gasteiger partial charge is 0.338 e. The summed E-state index contributed by atoms with van der Waals surface area (Å²) >= 11 is 0. The topological polar surface area (TPSA) is 83.1 Å². The molecule has 0 bridgehead atoms. The van der Waals surface area contributed by atoms with Crippen molar-refractivity contribution >= 4 is 11.9 Å². The molecule has 2 aromatic carbocycles. The van der Waals surface area contributed by atoms with Crippen LogP contribution in [0.4, 0.5) is 4.39 Å². The zero-order chi connectivity index (χ0) is 20.7. The molecule has 28 heavy (non-hydrogen) atoms. The number of carbonyl (C=O) groups is 2. The number of amides is 1. The van der Waals surface area contributed by atoms with E-state index in [1.54, 1.807) is 25.1 Å². The van der Waals surface area contributed by atoms with Crippen LogP contribution in [0.3, 0.4) is 0 Å². The SMILES string of the molecule is COc1ccc(OC)c([C@H](C)NC(=O)COC(=O)c2ccc(OC)c(F)c2)c1. The van der Waals surface area contributed by atoms with Crippen molar-refractivity contribution in [2.24, 2.45) is 0 Å². The molecule has 0 saturated heterocycles. The summed E-state index contributed by atoms with van der Waals surface area (Å²) in [6, 6.07) is 8.45. The van der Waals surface area contributed by atoms with Crippen LogP contribution in [0.15, 0.2) is 36.4 Å². The zero-order valence-corrected chi connectivity index (χ0v) is 16.1. The Bertz CT molecular complexity index is 855. The summed E-state index contributed by atoms with van der Waals surface area (Å²) in [6.45, 7) is 1.25. The van der Waals surface area contributed by atoms with E-state index in [0.29, 0.717) is 17.1 Å². The number of hydrogen-bond acceptors (Lipinski definition) is 6. The van der Waals surface area contributed by atoms with Crippen LogP contribution in [0.5, 0.6) is 17.2 Å². The number of nitrogens with one attached hydrogen (secondary N) is 1. The Kier molecular flexibility index (Phi) is 7.20. The number of methoxy groups -OCH3 is 3. The Balaban J connectivity index is 1.97. The second-order valence-electron chi connectivity index (χ2n) is 5.82. The first-order valence-corrected chi connectivity index (χ1v) is 8.41. The van der Waals surface area contributed by atoms with Crippen LogP contribution < -0.4 is 19.5 Å². The molecule has 8 heteroatoms. The van der Waals surface area contributed by atoms with Crippen LogP contribution in [-0.2, 0) is 9.53 Å². The van der Waals surface area contributed by atoms with Crippen LogP contribution in [-0.4, -0.2) is 39.8 Å². The lowest BCUT2D eigenvalue weighted by atomic mass is 10.1. The van der Waals surface area contributed by atoms with Gasteiger partial charge >= 0.3 is 5.97 Å². The molecule has 1 N–H and O–H groups in total. The molecule has 2 rings (SSSR count). The van der Waals surface area contributed by atoms with E-state index in [4.69, 9.17) is 18.9 Å². The van der Waals surface area contributed by atoms with Gasteiger partial charge in [-0.2, -0.15) is 0 Å². The number of carbonyl (C=O) groups excluding carboxylic acids is 2. The molecule has 7 nitrogen and oxygen atoms in total. The molecule has 0 unspecified atom stereocenters. The number of esters is 1. The highest BCUT2D eigenvalue weighted by Gasteiger charge is 2.17. The van der Waals surface area contributed by atoms with Gasteiger partial charge in [0.25, 0.3) is 5.91 Å². The van der Waals surface area contributed by atoms with Gasteiger partial charge in [-0.15, -0.1) is 0 Å². The van der Waals surface area contributed by atoms with E-state index in [1.165, 1.54) is 33.5 Å². The summed E-state index contributed by atoms with van der Waals surface area (Å²) < 4.78 is 33.9. The molecular formula is C20H22FNO6. The molecule has 0 aliphatic heterocycles. The molecule has 0 heterocycles. The summed E-state index contributed by atoms with van der Waals surface area (Å²) in [7, 11) is 4.38. The maximum Gasteiger partial charge on any atom is 0.338 e. The Morgan fingerprint density at radius 1 is 1.00 bits per heavy atom. The summed E-state index contributed by atoms with van der Waals surface area (Å²) in [4.78, 5) is 24.1. The third kappa shape index (κ3) is 5.12. The minimum Gasteiger partial charge on any atom is -0.497 e. The fraction of sp³-hybridized carbons (Fsp3) is 0.300. The van der Waals surface area contributed by atoms with Crippen molar-refractivity contribution in [1.82, 2.24) is 5.32 Å². The van der Waals surface area contributed by atoms with E-state index >= 15 is 0 Å². The highest BCUT2D eigenvalue weighted by molar-refractivity contribution is 5.91. The van der Waals surface area contributed by atoms with Crippen LogP contribution in [0, 0.1) is 5.82 Å². The van der Waals surface area contributed by atoms with E-state index in [2.05, 4.69) is 5.32 Å². The first-order chi connectivity index (χ1) is 13.4. The lowest BCUT2D eigenvalue weighted by molar-refractivity contribution is -0.124. The zero-order valence-electron chi connectivity index (χ0n) is 16.1. The largest absolute Gasteiger partial charge is 0.497 e. The van der Waals surface area contributed by atoms with Gasteiger partial charge in [0.1, 0.15) is 11.5 Å². The fourth-order valence-electron chi connectivity index (χ4n) is 2.55. The maximum absolute atomic E-state index is 13.7. The van der Waals surface area contributed by atoms with Crippen LogP contribution in [0.25, 0.3) is 0 Å². The van der Waals surface area contributed by atoms with Crippen molar-refractivity contribution in [3.63, 3.8) is 0 Å². The Hall–Kier alpha value is -3.29. The van der Waals surface area contributed by atoms with E-state index in [9.17, 15) is 14.0 Å². The van der Waals surface area contributed by atoms with Gasteiger partial charge in [-0.05, 0) is 43.3 Å². The van der Waals surface area contributed by atoms with Gasteiger partial charge in [-0.25, -0.2) is 9.18 Å². The van der Waals surface area contributed by atoms with E-state index in [0.717, 1.165) is 6.07 Å². The average molecular weight is 391 g/mol. The third-order valence-electron chi connectivity index (χ3n) is 4.00. The van der Waals surface area contributed by atoms with Gasteiger partial charge in [0.2, 0.25) is 0 Å². The van der Waals surface area contributed by atoms with Crippen LogP contribution in [0.1, 0.15) is 28.9 Å². The number of hydrogen-bond donors (Lipinski definition) is 1.